The predicted octanol–water partition coefficient (Wildman–Crippen LogP) is -0.614. The van der Waals surface area contributed by atoms with Gasteiger partial charge in [-0.1, -0.05) is 0 Å². The van der Waals surface area contributed by atoms with Crippen LogP contribution in [-0.2, 0) is 25.5 Å². The van der Waals surface area contributed by atoms with Gasteiger partial charge in [0.2, 0.25) is 6.10 Å². The van der Waals surface area contributed by atoms with E-state index in [1.807, 2.05) is 0 Å². The number of carbonyl (C=O) groups is 2. The van der Waals surface area contributed by atoms with Gasteiger partial charge in [-0.15, -0.1) is 0 Å². The van der Waals surface area contributed by atoms with Crippen molar-refractivity contribution in [3.63, 3.8) is 0 Å². The summed E-state index contributed by atoms with van der Waals surface area (Å²) in [6.07, 6.45) is 2.73. The molecular weight excluding hydrogens is 226 g/mol. The van der Waals surface area contributed by atoms with Gasteiger partial charge in [0.25, 0.3) is 0 Å². The van der Waals surface area contributed by atoms with E-state index in [4.69, 9.17) is 10.5 Å². The summed E-state index contributed by atoms with van der Waals surface area (Å²) in [6.45, 7) is -0.0948. The molecule has 0 spiro atoms. The minimum absolute atomic E-state index is 0.0948. The third-order valence-electron chi connectivity index (χ3n) is 2.11. The van der Waals surface area contributed by atoms with Gasteiger partial charge in [-0.05, 0) is 6.42 Å². The quantitative estimate of drug-likeness (QED) is 0.643. The van der Waals surface area contributed by atoms with Crippen molar-refractivity contribution >= 4 is 11.9 Å². The number of ether oxygens (including phenoxy) is 2. The van der Waals surface area contributed by atoms with Crippen LogP contribution in [0.1, 0.15) is 12.1 Å². The summed E-state index contributed by atoms with van der Waals surface area (Å²) in [6, 6.07) is 0. The van der Waals surface area contributed by atoms with E-state index >= 15 is 0 Å². The fourth-order valence-electron chi connectivity index (χ4n) is 1.20. The summed E-state index contributed by atoms with van der Waals surface area (Å²) in [5.74, 6) is -1.15. The van der Waals surface area contributed by atoms with E-state index in [9.17, 15) is 9.59 Å². The fourth-order valence-corrected chi connectivity index (χ4v) is 1.20. The molecule has 1 rings (SSSR count). The fraction of sp³-hybridized carbons (Fsp3) is 0.500. The maximum absolute atomic E-state index is 11.4. The second kappa shape index (κ2) is 6.64. The van der Waals surface area contributed by atoms with Crippen LogP contribution in [0.15, 0.2) is 12.5 Å². The van der Waals surface area contributed by atoms with E-state index in [1.54, 1.807) is 6.20 Å². The number of aryl methyl sites for hydroxylation is 1. The molecule has 1 unspecified atom stereocenters. The molecule has 1 heterocycles. The molecule has 3 N–H and O–H groups in total. The zero-order valence-electron chi connectivity index (χ0n) is 9.51. The lowest BCUT2D eigenvalue weighted by molar-refractivity contribution is -0.165. The van der Waals surface area contributed by atoms with Crippen molar-refractivity contribution < 1.29 is 19.1 Å². The molecule has 0 saturated heterocycles. The number of aromatic amines is 1. The Hall–Kier alpha value is -1.89. The average molecular weight is 241 g/mol. The Labute approximate surface area is 98.3 Å². The minimum atomic E-state index is -1.03. The lowest BCUT2D eigenvalue weighted by atomic mass is 10.2. The molecule has 17 heavy (non-hydrogen) atoms. The molecule has 0 bridgehead atoms. The monoisotopic (exact) mass is 241 g/mol. The van der Waals surface area contributed by atoms with Crippen molar-refractivity contribution in [2.75, 3.05) is 13.7 Å². The molecule has 0 amide bonds. The molecule has 0 aromatic carbocycles. The van der Waals surface area contributed by atoms with E-state index in [2.05, 4.69) is 14.7 Å². The van der Waals surface area contributed by atoms with Gasteiger partial charge in [0.1, 0.15) is 0 Å². The summed E-state index contributed by atoms with van der Waals surface area (Å²) < 4.78 is 9.32. The predicted molar refractivity (Wildman–Crippen MR) is 57.9 cm³/mol. The van der Waals surface area contributed by atoms with Crippen LogP contribution in [-0.4, -0.2) is 41.7 Å². The van der Waals surface area contributed by atoms with E-state index in [0.29, 0.717) is 6.42 Å². The molecule has 0 aliphatic carbocycles. The topological polar surface area (TPSA) is 107 Å². The zero-order chi connectivity index (χ0) is 12.7. The first kappa shape index (κ1) is 13.2. The lowest BCUT2D eigenvalue weighted by Gasteiger charge is -2.13. The van der Waals surface area contributed by atoms with Crippen LogP contribution in [0, 0.1) is 0 Å². The number of nitrogens with two attached hydrogens (primary N) is 1. The van der Waals surface area contributed by atoms with Gasteiger partial charge in [0, 0.05) is 18.4 Å². The summed E-state index contributed by atoms with van der Waals surface area (Å²) >= 11 is 0. The smallest absolute Gasteiger partial charge is 0.348 e. The van der Waals surface area contributed by atoms with Crippen LogP contribution in [0.2, 0.25) is 0 Å². The minimum Gasteiger partial charge on any atom is -0.466 e. The highest BCUT2D eigenvalue weighted by Crippen LogP contribution is 2.01. The highest BCUT2D eigenvalue weighted by Gasteiger charge is 2.21. The van der Waals surface area contributed by atoms with Gasteiger partial charge in [-0.2, -0.15) is 0 Å². The van der Waals surface area contributed by atoms with Crippen molar-refractivity contribution in [2.45, 2.75) is 18.9 Å². The standard InChI is InChI=1S/C10H15N3O4/c1-16-10(15)8(4-11)17-9(14)3-2-7-5-12-6-13-7/h5-6,8H,2-4,11H2,1H3,(H,12,13). The SMILES string of the molecule is COC(=O)C(CN)OC(=O)CCc1cnc[nH]1. The number of methoxy groups -OCH3 is 1. The molecule has 0 aliphatic rings. The molecule has 0 saturated carbocycles. The summed E-state index contributed by atoms with van der Waals surface area (Å²) in [7, 11) is 1.21. The second-order valence-corrected chi connectivity index (χ2v) is 3.31. The molecular formula is C10H15N3O4. The van der Waals surface area contributed by atoms with E-state index in [-0.39, 0.29) is 13.0 Å². The van der Waals surface area contributed by atoms with Crippen LogP contribution in [0.3, 0.4) is 0 Å². The molecule has 0 aliphatic heterocycles. The average Bonchev–Trinajstić information content (AvgIpc) is 2.85. The maximum Gasteiger partial charge on any atom is 0.348 e. The van der Waals surface area contributed by atoms with Gasteiger partial charge in [-0.25, -0.2) is 9.78 Å². The van der Waals surface area contributed by atoms with E-state index in [0.717, 1.165) is 5.69 Å². The first-order valence-electron chi connectivity index (χ1n) is 5.12. The van der Waals surface area contributed by atoms with Crippen LogP contribution < -0.4 is 5.73 Å². The number of hydrogen-bond acceptors (Lipinski definition) is 6. The third-order valence-corrected chi connectivity index (χ3v) is 2.11. The molecule has 7 nitrogen and oxygen atoms in total. The highest BCUT2D eigenvalue weighted by atomic mass is 16.6. The third kappa shape index (κ3) is 4.23. The van der Waals surface area contributed by atoms with Crippen LogP contribution in [0.25, 0.3) is 0 Å². The van der Waals surface area contributed by atoms with Crippen LogP contribution in [0.4, 0.5) is 0 Å². The highest BCUT2D eigenvalue weighted by molar-refractivity contribution is 5.79. The van der Waals surface area contributed by atoms with E-state index in [1.165, 1.54) is 13.4 Å². The Morgan fingerprint density at radius 2 is 2.35 bits per heavy atom. The van der Waals surface area contributed by atoms with Crippen molar-refractivity contribution in [1.29, 1.82) is 0 Å². The number of esters is 2. The Balaban J connectivity index is 2.35. The second-order valence-electron chi connectivity index (χ2n) is 3.31. The van der Waals surface area contributed by atoms with Crippen molar-refractivity contribution in [2.24, 2.45) is 5.73 Å². The van der Waals surface area contributed by atoms with Crippen molar-refractivity contribution in [3.05, 3.63) is 18.2 Å². The maximum atomic E-state index is 11.4. The van der Waals surface area contributed by atoms with Gasteiger partial charge >= 0.3 is 11.9 Å². The number of nitrogens with one attached hydrogen (secondary N) is 1. The van der Waals surface area contributed by atoms with Crippen molar-refractivity contribution in [1.82, 2.24) is 9.97 Å². The number of hydrogen-bond donors (Lipinski definition) is 2. The number of carbonyl (C=O) groups excluding carboxylic acids is 2. The number of aromatic nitrogens is 2. The molecule has 1 aromatic rings. The molecule has 7 heteroatoms. The first-order valence-corrected chi connectivity index (χ1v) is 5.12. The zero-order valence-corrected chi connectivity index (χ0v) is 9.51. The molecule has 1 aromatic heterocycles. The molecule has 1 atom stereocenters. The van der Waals surface area contributed by atoms with Gasteiger partial charge in [0.15, 0.2) is 0 Å². The van der Waals surface area contributed by atoms with Gasteiger partial charge < -0.3 is 20.2 Å². The Morgan fingerprint density at radius 3 is 2.88 bits per heavy atom. The molecule has 0 radical (unpaired) electrons. The van der Waals surface area contributed by atoms with Gasteiger partial charge in [0.05, 0.1) is 19.9 Å². The normalized spacial score (nSPS) is 11.9. The molecule has 94 valence electrons. The number of H-pyrrole nitrogens is 1. The Bertz CT molecular complexity index is 364. The number of rotatable bonds is 6. The van der Waals surface area contributed by atoms with Crippen molar-refractivity contribution in [3.8, 4) is 0 Å². The Kier molecular flexibility index (Phi) is 5.15. The van der Waals surface area contributed by atoms with Gasteiger partial charge in [-0.3, -0.25) is 4.79 Å². The lowest BCUT2D eigenvalue weighted by Crippen LogP contribution is -2.35. The van der Waals surface area contributed by atoms with E-state index < -0.39 is 18.0 Å². The molecule has 0 fully saturated rings. The number of nitrogens with zero attached hydrogens (tertiary/aromatic N) is 1. The first-order chi connectivity index (χ1) is 8.17. The van der Waals surface area contributed by atoms with Crippen LogP contribution in [0.5, 0.6) is 0 Å². The Morgan fingerprint density at radius 1 is 1.59 bits per heavy atom. The largest absolute Gasteiger partial charge is 0.466 e. The summed E-state index contributed by atoms with van der Waals surface area (Å²) in [4.78, 5) is 29.2. The number of imidazole rings is 1. The van der Waals surface area contributed by atoms with Crippen LogP contribution >= 0.6 is 0 Å². The summed E-state index contributed by atoms with van der Waals surface area (Å²) in [5, 5.41) is 0. The summed E-state index contributed by atoms with van der Waals surface area (Å²) in [5.41, 5.74) is 6.12.